The first-order valence-electron chi connectivity index (χ1n) is 27.3. The molecule has 72 heavy (non-hydrogen) atoms. The van der Waals surface area contributed by atoms with E-state index in [0.29, 0.717) is 57.8 Å². The molecule has 0 spiro atoms. The molecule has 3 fully saturated rings. The minimum atomic E-state index is -2.42. The largest absolute Gasteiger partial charge is 0.460 e. The van der Waals surface area contributed by atoms with E-state index < -0.39 is 86.3 Å². The van der Waals surface area contributed by atoms with Crippen molar-refractivity contribution in [1.82, 2.24) is 4.90 Å². The second kappa shape index (κ2) is 28.7. The molecule has 0 radical (unpaired) electrons. The Bertz CT molecular complexity index is 1920. The maximum Gasteiger partial charge on any atom is 0.329 e. The summed E-state index contributed by atoms with van der Waals surface area (Å²) in [6, 6.07) is 1.41. The van der Waals surface area contributed by atoms with Crippen LogP contribution >= 0.6 is 0 Å². The second-order valence-electron chi connectivity index (χ2n) is 21.9. The minimum Gasteiger partial charge on any atom is -0.460 e. The van der Waals surface area contributed by atoms with Gasteiger partial charge in [0.1, 0.15) is 24.0 Å². The lowest BCUT2D eigenvalue weighted by Gasteiger charge is -2.42. The van der Waals surface area contributed by atoms with Crippen molar-refractivity contribution in [2.75, 3.05) is 27.9 Å². The first kappa shape index (κ1) is 61.4. The van der Waals surface area contributed by atoms with Crippen LogP contribution in [0.1, 0.15) is 146 Å². The van der Waals surface area contributed by atoms with Crippen LogP contribution < -0.4 is 0 Å². The Labute approximate surface area is 433 Å². The summed E-state index contributed by atoms with van der Waals surface area (Å²) in [6.45, 7) is 19.8. The number of ketones is 3. The number of cyclic esters (lactones) is 1. The Morgan fingerprint density at radius 3 is 2.15 bits per heavy atom. The standard InChI is InChI=1S/C57H93NO13Si/c1-14-72(15-2,16-3)71-52-41(9)31-38(6)47(60)35-49(39(7)32-43-26-28-46(59)50(33-43)67-12)69-56(64)45-24-20-21-29-58(45)55(63)54(62)57(65)42(10)25-27-44(70-57)34-48(66-11)37(5)23-19-17-18-22-36(4)30-40(8)51(61)53(52)68-13/h17-19,22-23,31,36,38-40,42-46,48-50,52-53,59,65H,14-16,20-21,24-30,32-35H2,1-13H3/b19-17+,22-18+,37-23+,41-31+/t36-,38-,39-,40-,42-,43+,44+,45+,46-,48+,49+,50-,52-,53+,57-/m1/s1. The molecular formula is C57H93NO13Si. The molecule has 15 heteroatoms. The van der Waals surface area contributed by atoms with Gasteiger partial charge in [0, 0.05) is 58.5 Å². The van der Waals surface area contributed by atoms with E-state index in [-0.39, 0.29) is 60.7 Å². The molecule has 0 unspecified atom stereocenters. The van der Waals surface area contributed by atoms with Gasteiger partial charge in [-0.25, -0.2) is 4.79 Å². The van der Waals surface area contributed by atoms with Crippen LogP contribution in [0, 0.1) is 35.5 Å². The number of fused-ring (bicyclic) bond motifs is 3. The zero-order chi connectivity index (χ0) is 53.5. The lowest BCUT2D eigenvalue weighted by Crippen LogP contribution is -2.61. The van der Waals surface area contributed by atoms with Gasteiger partial charge in [-0.05, 0) is 125 Å². The highest BCUT2D eigenvalue weighted by Gasteiger charge is 2.53. The molecule has 4 aliphatic rings. The van der Waals surface area contributed by atoms with Gasteiger partial charge < -0.3 is 43.2 Å². The Hall–Kier alpha value is -3.15. The number of nitrogens with zero attached hydrogens (tertiary/aromatic N) is 1. The highest BCUT2D eigenvalue weighted by Crippen LogP contribution is 2.38. The summed E-state index contributed by atoms with van der Waals surface area (Å²) in [6.07, 6.45) is 12.8. The number of piperidine rings is 1. The topological polar surface area (TPSA) is 184 Å². The Kier molecular flexibility index (Phi) is 24.4. The van der Waals surface area contributed by atoms with Crippen LogP contribution in [0.2, 0.25) is 18.1 Å². The number of hydrogen-bond acceptors (Lipinski definition) is 13. The van der Waals surface area contributed by atoms with Crippen LogP contribution in [-0.2, 0) is 52.1 Å². The summed E-state index contributed by atoms with van der Waals surface area (Å²) in [5.74, 6) is -7.39. The number of amides is 1. The molecule has 2 N–H and O–H groups in total. The van der Waals surface area contributed by atoms with Crippen molar-refractivity contribution < 1.29 is 62.3 Å². The Morgan fingerprint density at radius 2 is 1.51 bits per heavy atom. The van der Waals surface area contributed by atoms with Gasteiger partial charge in [0.25, 0.3) is 11.7 Å². The summed E-state index contributed by atoms with van der Waals surface area (Å²) < 4.78 is 37.3. The van der Waals surface area contributed by atoms with Gasteiger partial charge in [-0.15, -0.1) is 0 Å². The number of allylic oxidation sites excluding steroid dienone is 6. The summed E-state index contributed by atoms with van der Waals surface area (Å²) in [5, 5.41) is 22.6. The molecule has 3 heterocycles. The number of ether oxygens (including phenoxy) is 5. The SMILES string of the molecule is CC[Si](CC)(CC)O[C@@H]1/C(C)=C/[C@@H](C)C(=O)C[C@@H]([C@H](C)C[C@@H]2CC[C@@H](O)[C@H](OC)C2)OC(=O)[C@@H]2CCCCN2C(=O)C(=O)[C@]2(O)O[C@@H](CC[C@H]2C)C[C@H](OC)/C(C)=C/C=C/C=C/[C@@H](C)C[C@@H](C)C(=O)[C@@H]1OC. The summed E-state index contributed by atoms with van der Waals surface area (Å²) >= 11 is 0. The molecule has 1 aliphatic carbocycles. The zero-order valence-corrected chi connectivity index (χ0v) is 47.2. The summed E-state index contributed by atoms with van der Waals surface area (Å²) in [5.41, 5.74) is 1.62. The molecule has 4 rings (SSSR count). The fraction of sp³-hybridized carbons (Fsp3) is 0.772. The van der Waals surface area contributed by atoms with Gasteiger partial charge in [-0.2, -0.15) is 0 Å². The molecule has 2 bridgehead atoms. The molecule has 0 aromatic heterocycles. The van der Waals surface area contributed by atoms with Gasteiger partial charge in [-0.1, -0.05) is 91.8 Å². The molecular weight excluding hydrogens is 935 g/mol. The van der Waals surface area contributed by atoms with Crippen molar-refractivity contribution >= 4 is 37.5 Å². The van der Waals surface area contributed by atoms with E-state index in [1.807, 2.05) is 58.1 Å². The zero-order valence-electron chi connectivity index (χ0n) is 46.2. The lowest BCUT2D eigenvalue weighted by molar-refractivity contribution is -0.265. The van der Waals surface area contributed by atoms with Gasteiger partial charge in [0.05, 0.1) is 30.5 Å². The normalized spacial score (nSPS) is 37.9. The van der Waals surface area contributed by atoms with E-state index in [1.54, 1.807) is 35.2 Å². The molecule has 14 nitrogen and oxygen atoms in total. The smallest absolute Gasteiger partial charge is 0.329 e. The van der Waals surface area contributed by atoms with E-state index in [9.17, 15) is 34.2 Å². The number of Topliss-reactive ketones (excluding diaryl/α,β-unsaturated/α-hetero) is 3. The minimum absolute atomic E-state index is 0.0541. The van der Waals surface area contributed by atoms with Crippen LogP contribution in [-0.4, -0.2) is 135 Å². The van der Waals surface area contributed by atoms with Crippen molar-refractivity contribution in [3.05, 3.63) is 47.6 Å². The second-order valence-corrected chi connectivity index (χ2v) is 26.7. The number of aliphatic hydroxyl groups excluding tert-OH is 1. The van der Waals surface area contributed by atoms with Crippen molar-refractivity contribution in [1.29, 1.82) is 0 Å². The van der Waals surface area contributed by atoms with E-state index >= 15 is 0 Å². The predicted octanol–water partition coefficient (Wildman–Crippen LogP) is 9.21. The first-order valence-corrected chi connectivity index (χ1v) is 29.8. The predicted molar refractivity (Wildman–Crippen MR) is 281 cm³/mol. The molecule has 1 saturated carbocycles. The van der Waals surface area contributed by atoms with Crippen LogP contribution in [0.15, 0.2) is 47.6 Å². The number of methoxy groups -OCH3 is 3. The number of carbonyl (C=O) groups excluding carboxylic acids is 5. The maximum atomic E-state index is 14.6. The van der Waals surface area contributed by atoms with E-state index in [4.69, 9.17) is 28.1 Å². The van der Waals surface area contributed by atoms with Crippen LogP contribution in [0.3, 0.4) is 0 Å². The van der Waals surface area contributed by atoms with Gasteiger partial charge in [0.2, 0.25) is 5.79 Å². The van der Waals surface area contributed by atoms with Crippen molar-refractivity contribution in [3.63, 3.8) is 0 Å². The van der Waals surface area contributed by atoms with Crippen LogP contribution in [0.25, 0.3) is 0 Å². The van der Waals surface area contributed by atoms with E-state index in [1.165, 1.54) is 4.90 Å². The van der Waals surface area contributed by atoms with Gasteiger partial charge >= 0.3 is 5.97 Å². The molecule has 3 aliphatic heterocycles. The van der Waals surface area contributed by atoms with E-state index in [0.717, 1.165) is 35.7 Å². The van der Waals surface area contributed by atoms with E-state index in [2.05, 4.69) is 33.8 Å². The number of carbonyl (C=O) groups is 5. The average Bonchev–Trinajstić information content (AvgIpc) is 3.37. The van der Waals surface area contributed by atoms with Gasteiger partial charge in [0.15, 0.2) is 14.1 Å². The molecule has 0 aromatic rings. The first-order chi connectivity index (χ1) is 34.1. The fourth-order valence-electron chi connectivity index (χ4n) is 11.5. The molecule has 0 aromatic carbocycles. The lowest BCUT2D eigenvalue weighted by atomic mass is 9.78. The highest BCUT2D eigenvalue weighted by molar-refractivity contribution is 6.73. The average molecular weight is 1030 g/mol. The fourth-order valence-corrected chi connectivity index (χ4v) is 14.4. The highest BCUT2D eigenvalue weighted by atomic mass is 28.4. The third kappa shape index (κ3) is 15.9. The monoisotopic (exact) mass is 1030 g/mol. The Balaban J connectivity index is 1.79. The van der Waals surface area contributed by atoms with Crippen molar-refractivity contribution in [2.24, 2.45) is 35.5 Å². The maximum absolute atomic E-state index is 14.6. The van der Waals surface area contributed by atoms with Crippen molar-refractivity contribution in [2.45, 2.75) is 219 Å². The number of aliphatic hydroxyl groups is 2. The van der Waals surface area contributed by atoms with Crippen LogP contribution in [0.5, 0.6) is 0 Å². The van der Waals surface area contributed by atoms with Crippen LogP contribution in [0.4, 0.5) is 0 Å². The number of rotatable bonds is 11. The Morgan fingerprint density at radius 1 is 0.819 bits per heavy atom. The number of hydrogen-bond donors (Lipinski definition) is 2. The summed E-state index contributed by atoms with van der Waals surface area (Å²) in [7, 11) is 2.38. The molecule has 408 valence electrons. The quantitative estimate of drug-likeness (QED) is 0.0865. The molecule has 2 saturated heterocycles. The third-order valence-corrected chi connectivity index (χ3v) is 21.4. The third-order valence-electron chi connectivity index (χ3n) is 16.8. The number of esters is 1. The molecule has 15 atom stereocenters. The van der Waals surface area contributed by atoms with Crippen molar-refractivity contribution in [3.8, 4) is 0 Å². The van der Waals surface area contributed by atoms with Gasteiger partial charge in [-0.3, -0.25) is 19.2 Å². The molecule has 1 amide bonds. The summed E-state index contributed by atoms with van der Waals surface area (Å²) in [4.78, 5) is 73.7.